The van der Waals surface area contributed by atoms with Gasteiger partial charge in [-0.15, -0.1) is 0 Å². The Morgan fingerprint density at radius 2 is 2.00 bits per heavy atom. The summed E-state index contributed by atoms with van der Waals surface area (Å²) in [4.78, 5) is 40.8. The molecule has 2 aliphatic carbocycles. The van der Waals surface area contributed by atoms with Crippen LogP contribution in [0.1, 0.15) is 57.8 Å². The van der Waals surface area contributed by atoms with Gasteiger partial charge in [0.1, 0.15) is 5.54 Å². The lowest BCUT2D eigenvalue weighted by Gasteiger charge is -2.25. The Bertz CT molecular complexity index is 577. The molecule has 0 radical (unpaired) electrons. The summed E-state index contributed by atoms with van der Waals surface area (Å²) >= 11 is 0. The molecule has 4 fully saturated rings. The van der Waals surface area contributed by atoms with Crippen LogP contribution in [-0.4, -0.2) is 65.5 Å². The minimum atomic E-state index is -0.649. The number of hydrogen-bond acceptors (Lipinski definition) is 4. The number of ether oxygens (including phenoxy) is 1. The van der Waals surface area contributed by atoms with Crippen molar-refractivity contribution >= 4 is 17.8 Å². The van der Waals surface area contributed by atoms with Crippen molar-refractivity contribution in [1.29, 1.82) is 0 Å². The Morgan fingerprint density at radius 1 is 1.23 bits per heavy atom. The summed E-state index contributed by atoms with van der Waals surface area (Å²) in [5.41, 5.74) is -0.649. The summed E-state index contributed by atoms with van der Waals surface area (Å²) in [6.07, 6.45) is 7.61. The molecular formula is C19H29N3O4. The summed E-state index contributed by atoms with van der Waals surface area (Å²) in [6, 6.07) is 0.105. The van der Waals surface area contributed by atoms with Crippen LogP contribution < -0.4 is 5.32 Å². The molecule has 4 aliphatic rings. The molecule has 2 saturated carbocycles. The highest BCUT2D eigenvalue weighted by Gasteiger charge is 2.52. The number of amides is 4. The van der Waals surface area contributed by atoms with E-state index in [4.69, 9.17) is 4.74 Å². The van der Waals surface area contributed by atoms with E-state index in [1.807, 2.05) is 4.90 Å². The predicted octanol–water partition coefficient (Wildman–Crippen LogP) is 1.66. The van der Waals surface area contributed by atoms with Gasteiger partial charge in [-0.1, -0.05) is 12.8 Å². The van der Waals surface area contributed by atoms with Gasteiger partial charge in [0.15, 0.2) is 0 Å². The monoisotopic (exact) mass is 363 g/mol. The highest BCUT2D eigenvalue weighted by atomic mass is 16.5. The van der Waals surface area contributed by atoms with Crippen molar-refractivity contribution in [2.24, 2.45) is 5.92 Å². The van der Waals surface area contributed by atoms with Crippen LogP contribution in [0.4, 0.5) is 4.79 Å². The van der Waals surface area contributed by atoms with Crippen molar-refractivity contribution in [3.05, 3.63) is 0 Å². The van der Waals surface area contributed by atoms with Crippen LogP contribution in [0.2, 0.25) is 0 Å². The maximum absolute atomic E-state index is 12.7. The quantitative estimate of drug-likeness (QED) is 0.698. The number of carbonyl (C=O) groups is 3. The normalized spacial score (nSPS) is 27.4. The lowest BCUT2D eigenvalue weighted by molar-refractivity contribution is -0.134. The Labute approximate surface area is 154 Å². The minimum Gasteiger partial charge on any atom is -0.381 e. The van der Waals surface area contributed by atoms with Gasteiger partial charge in [0.25, 0.3) is 5.91 Å². The zero-order chi connectivity index (χ0) is 18.1. The molecule has 4 rings (SSSR count). The Balaban J connectivity index is 1.27. The van der Waals surface area contributed by atoms with Crippen molar-refractivity contribution in [2.75, 3.05) is 26.3 Å². The van der Waals surface area contributed by atoms with E-state index in [9.17, 15) is 14.4 Å². The zero-order valence-electron chi connectivity index (χ0n) is 15.4. The molecule has 0 aromatic rings. The van der Waals surface area contributed by atoms with E-state index >= 15 is 0 Å². The number of urea groups is 1. The molecule has 144 valence electrons. The fourth-order valence-corrected chi connectivity index (χ4v) is 4.57. The molecule has 7 nitrogen and oxygen atoms in total. The Kier molecular flexibility index (Phi) is 4.90. The number of nitrogens with one attached hydrogen (secondary N) is 1. The number of imide groups is 1. The first-order chi connectivity index (χ1) is 12.6. The smallest absolute Gasteiger partial charge is 0.325 e. The molecule has 1 spiro atoms. The number of hydrogen-bond donors (Lipinski definition) is 1. The summed E-state index contributed by atoms with van der Waals surface area (Å²) in [5.74, 6) is 0.518. The van der Waals surface area contributed by atoms with Crippen molar-refractivity contribution in [2.45, 2.75) is 69.4 Å². The van der Waals surface area contributed by atoms with Crippen LogP contribution >= 0.6 is 0 Å². The third kappa shape index (κ3) is 3.46. The largest absolute Gasteiger partial charge is 0.381 e. The van der Waals surface area contributed by atoms with Crippen LogP contribution in [-0.2, 0) is 14.3 Å². The van der Waals surface area contributed by atoms with Gasteiger partial charge in [-0.05, 0) is 38.5 Å². The second-order valence-corrected chi connectivity index (χ2v) is 8.29. The van der Waals surface area contributed by atoms with Gasteiger partial charge in [0.2, 0.25) is 5.91 Å². The molecule has 26 heavy (non-hydrogen) atoms. The van der Waals surface area contributed by atoms with E-state index in [0.29, 0.717) is 31.3 Å². The number of carbonyl (C=O) groups excluding carboxylic acids is 3. The summed E-state index contributed by atoms with van der Waals surface area (Å²) in [7, 11) is 0. The average Bonchev–Trinajstić information content (AvgIpc) is 3.04. The highest BCUT2D eigenvalue weighted by molar-refractivity contribution is 6.07. The first kappa shape index (κ1) is 17.8. The van der Waals surface area contributed by atoms with Gasteiger partial charge in [0.05, 0.1) is 6.61 Å². The van der Waals surface area contributed by atoms with E-state index in [-0.39, 0.29) is 17.8 Å². The third-order valence-electron chi connectivity index (χ3n) is 6.26. The summed E-state index contributed by atoms with van der Waals surface area (Å²) in [5, 5.41) is 2.89. The lowest BCUT2D eigenvalue weighted by atomic mass is 9.98. The van der Waals surface area contributed by atoms with Crippen LogP contribution in [0.3, 0.4) is 0 Å². The SMILES string of the molecule is O=C1NC2(CCCC2)C(=O)N1CCCC(=O)N(C[C@H]1CCOC1)C1CC1. The molecule has 2 heterocycles. The van der Waals surface area contributed by atoms with E-state index < -0.39 is 5.54 Å². The first-order valence-electron chi connectivity index (χ1n) is 10.1. The lowest BCUT2D eigenvalue weighted by Crippen LogP contribution is -2.44. The predicted molar refractivity (Wildman–Crippen MR) is 94.3 cm³/mol. The molecule has 0 unspecified atom stereocenters. The number of nitrogens with zero attached hydrogens (tertiary/aromatic N) is 2. The van der Waals surface area contributed by atoms with E-state index in [0.717, 1.165) is 64.7 Å². The van der Waals surface area contributed by atoms with Crippen molar-refractivity contribution < 1.29 is 19.1 Å². The Hall–Kier alpha value is -1.63. The van der Waals surface area contributed by atoms with E-state index in [2.05, 4.69) is 5.32 Å². The number of rotatable bonds is 7. The summed E-state index contributed by atoms with van der Waals surface area (Å²) < 4.78 is 5.43. The second kappa shape index (κ2) is 7.18. The molecule has 4 amide bonds. The molecule has 2 aliphatic heterocycles. The molecule has 0 bridgehead atoms. The zero-order valence-corrected chi connectivity index (χ0v) is 15.4. The molecule has 0 aromatic carbocycles. The maximum atomic E-state index is 12.7. The molecule has 2 saturated heterocycles. The van der Waals surface area contributed by atoms with Crippen molar-refractivity contribution in [1.82, 2.24) is 15.1 Å². The molecule has 1 N–H and O–H groups in total. The van der Waals surface area contributed by atoms with Crippen LogP contribution in [0, 0.1) is 5.92 Å². The summed E-state index contributed by atoms with van der Waals surface area (Å²) in [6.45, 7) is 2.67. The van der Waals surface area contributed by atoms with Crippen LogP contribution in [0.15, 0.2) is 0 Å². The fourth-order valence-electron chi connectivity index (χ4n) is 4.57. The Morgan fingerprint density at radius 3 is 2.65 bits per heavy atom. The van der Waals surface area contributed by atoms with Crippen LogP contribution in [0.5, 0.6) is 0 Å². The molecule has 1 atom stereocenters. The van der Waals surface area contributed by atoms with E-state index in [1.165, 1.54) is 4.90 Å². The van der Waals surface area contributed by atoms with Gasteiger partial charge in [-0.2, -0.15) is 0 Å². The first-order valence-corrected chi connectivity index (χ1v) is 10.1. The minimum absolute atomic E-state index is 0.0883. The van der Waals surface area contributed by atoms with Gasteiger partial charge >= 0.3 is 6.03 Å². The molecular weight excluding hydrogens is 334 g/mol. The average molecular weight is 363 g/mol. The van der Waals surface area contributed by atoms with Gasteiger partial charge < -0.3 is 15.0 Å². The third-order valence-corrected chi connectivity index (χ3v) is 6.26. The van der Waals surface area contributed by atoms with E-state index in [1.54, 1.807) is 0 Å². The van der Waals surface area contributed by atoms with Crippen molar-refractivity contribution in [3.8, 4) is 0 Å². The molecule has 0 aromatic heterocycles. The van der Waals surface area contributed by atoms with Crippen molar-refractivity contribution in [3.63, 3.8) is 0 Å². The fraction of sp³-hybridized carbons (Fsp3) is 0.842. The van der Waals surface area contributed by atoms with Gasteiger partial charge in [-0.25, -0.2) is 4.79 Å². The molecule has 7 heteroatoms. The van der Waals surface area contributed by atoms with Crippen LogP contribution in [0.25, 0.3) is 0 Å². The standard InChI is InChI=1S/C19H29N3O4/c23-16(22(15-5-6-15)12-14-7-11-26-13-14)4-3-10-21-17(24)19(20-18(21)25)8-1-2-9-19/h14-15H,1-13H2,(H,20,25)/t14-/m1/s1. The maximum Gasteiger partial charge on any atom is 0.325 e. The highest BCUT2D eigenvalue weighted by Crippen LogP contribution is 2.35. The second-order valence-electron chi connectivity index (χ2n) is 8.29. The van der Waals surface area contributed by atoms with Gasteiger partial charge in [0, 0.05) is 38.1 Å². The topological polar surface area (TPSA) is 79.0 Å². The van der Waals surface area contributed by atoms with Gasteiger partial charge in [-0.3, -0.25) is 14.5 Å².